The summed E-state index contributed by atoms with van der Waals surface area (Å²) in [5.74, 6) is 0.0106. The third-order valence-corrected chi connectivity index (χ3v) is 4.89. The highest BCUT2D eigenvalue weighted by Crippen LogP contribution is 2.31. The lowest BCUT2D eigenvalue weighted by Gasteiger charge is -2.11. The fourth-order valence-electron chi connectivity index (χ4n) is 2.75. The van der Waals surface area contributed by atoms with Gasteiger partial charge in [0.05, 0.1) is 4.88 Å². The SMILES string of the molecule is CN(C)Cc1cccc(NC(=O)c2cc3c(s2)CCC3)c1. The van der Waals surface area contributed by atoms with Gasteiger partial charge in [-0.1, -0.05) is 12.1 Å². The van der Waals surface area contributed by atoms with E-state index in [1.54, 1.807) is 11.3 Å². The zero-order valence-electron chi connectivity index (χ0n) is 12.5. The van der Waals surface area contributed by atoms with E-state index in [2.05, 4.69) is 22.3 Å². The highest BCUT2D eigenvalue weighted by molar-refractivity contribution is 7.14. The van der Waals surface area contributed by atoms with Gasteiger partial charge < -0.3 is 10.2 Å². The smallest absolute Gasteiger partial charge is 0.265 e. The van der Waals surface area contributed by atoms with Crippen LogP contribution in [-0.4, -0.2) is 24.9 Å². The molecule has 0 aliphatic heterocycles. The van der Waals surface area contributed by atoms with Crippen molar-refractivity contribution in [2.24, 2.45) is 0 Å². The third-order valence-electron chi connectivity index (χ3n) is 3.65. The number of hydrogen-bond acceptors (Lipinski definition) is 3. The largest absolute Gasteiger partial charge is 0.321 e. The number of hydrogen-bond donors (Lipinski definition) is 1. The molecular weight excluding hydrogens is 280 g/mol. The molecule has 0 fully saturated rings. The molecule has 3 nitrogen and oxygen atoms in total. The van der Waals surface area contributed by atoms with Gasteiger partial charge in [0.15, 0.2) is 0 Å². The minimum atomic E-state index is 0.0106. The number of nitrogens with one attached hydrogen (secondary N) is 1. The number of thiophene rings is 1. The molecule has 0 spiro atoms. The Bertz CT molecular complexity index is 639. The summed E-state index contributed by atoms with van der Waals surface area (Å²) in [7, 11) is 4.08. The number of benzene rings is 1. The van der Waals surface area contributed by atoms with Crippen LogP contribution in [0.15, 0.2) is 30.3 Å². The summed E-state index contributed by atoms with van der Waals surface area (Å²) in [5.41, 5.74) is 3.44. The van der Waals surface area contributed by atoms with Crippen molar-refractivity contribution in [3.63, 3.8) is 0 Å². The van der Waals surface area contributed by atoms with Gasteiger partial charge >= 0.3 is 0 Å². The molecule has 1 N–H and O–H groups in total. The third kappa shape index (κ3) is 3.34. The summed E-state index contributed by atoms with van der Waals surface area (Å²) in [6.45, 7) is 0.872. The number of amides is 1. The molecule has 1 heterocycles. The van der Waals surface area contributed by atoms with Crippen LogP contribution in [-0.2, 0) is 19.4 Å². The summed E-state index contributed by atoms with van der Waals surface area (Å²) in [5, 5.41) is 3.01. The Morgan fingerprint density at radius 1 is 1.29 bits per heavy atom. The van der Waals surface area contributed by atoms with Gasteiger partial charge in [0.2, 0.25) is 0 Å². The molecule has 4 heteroatoms. The van der Waals surface area contributed by atoms with Gasteiger partial charge in [0, 0.05) is 17.1 Å². The first-order chi connectivity index (χ1) is 10.1. The summed E-state index contributed by atoms with van der Waals surface area (Å²) in [6.07, 6.45) is 3.48. The molecule has 1 aromatic heterocycles. The molecule has 1 aromatic carbocycles. The predicted molar refractivity (Wildman–Crippen MR) is 88.1 cm³/mol. The number of fused-ring (bicyclic) bond motifs is 1. The number of nitrogens with zero attached hydrogens (tertiary/aromatic N) is 1. The van der Waals surface area contributed by atoms with Crippen LogP contribution in [0.25, 0.3) is 0 Å². The van der Waals surface area contributed by atoms with Crippen molar-refractivity contribution in [2.45, 2.75) is 25.8 Å². The Labute approximate surface area is 129 Å². The van der Waals surface area contributed by atoms with Crippen LogP contribution in [0, 0.1) is 0 Å². The Hall–Kier alpha value is -1.65. The summed E-state index contributed by atoms with van der Waals surface area (Å²) >= 11 is 1.64. The van der Waals surface area contributed by atoms with Gasteiger partial charge in [-0.25, -0.2) is 0 Å². The van der Waals surface area contributed by atoms with Crippen LogP contribution in [0.3, 0.4) is 0 Å². The number of aryl methyl sites for hydroxylation is 2. The fraction of sp³-hybridized carbons (Fsp3) is 0.353. The lowest BCUT2D eigenvalue weighted by molar-refractivity contribution is 0.103. The van der Waals surface area contributed by atoms with E-state index in [1.807, 2.05) is 32.3 Å². The van der Waals surface area contributed by atoms with E-state index in [0.29, 0.717) is 0 Å². The molecule has 0 bridgehead atoms. The minimum Gasteiger partial charge on any atom is -0.321 e. The van der Waals surface area contributed by atoms with E-state index in [1.165, 1.54) is 22.4 Å². The fourth-order valence-corrected chi connectivity index (χ4v) is 3.90. The van der Waals surface area contributed by atoms with Crippen molar-refractivity contribution < 1.29 is 4.79 Å². The van der Waals surface area contributed by atoms with E-state index in [9.17, 15) is 4.79 Å². The maximum atomic E-state index is 12.3. The van der Waals surface area contributed by atoms with Crippen molar-refractivity contribution in [3.05, 3.63) is 51.2 Å². The second-order valence-corrected chi connectivity index (χ2v) is 6.94. The molecule has 1 amide bonds. The molecule has 0 atom stereocenters. The van der Waals surface area contributed by atoms with Gasteiger partial charge in [0.1, 0.15) is 0 Å². The molecule has 0 unspecified atom stereocenters. The molecule has 1 aliphatic rings. The van der Waals surface area contributed by atoms with Crippen LogP contribution >= 0.6 is 11.3 Å². The molecule has 110 valence electrons. The summed E-state index contributed by atoms with van der Waals surface area (Å²) in [4.78, 5) is 16.7. The molecule has 0 radical (unpaired) electrons. The quantitative estimate of drug-likeness (QED) is 0.936. The first-order valence-corrected chi connectivity index (χ1v) is 8.10. The van der Waals surface area contributed by atoms with Gasteiger partial charge in [0.25, 0.3) is 5.91 Å². The standard InChI is InChI=1S/C17H20N2OS/c1-19(2)11-12-5-3-7-14(9-12)18-17(20)16-10-13-6-4-8-15(13)21-16/h3,5,7,9-10H,4,6,8,11H2,1-2H3,(H,18,20). The lowest BCUT2D eigenvalue weighted by atomic mass is 10.2. The maximum Gasteiger partial charge on any atom is 0.265 e. The zero-order chi connectivity index (χ0) is 14.8. The summed E-state index contributed by atoms with van der Waals surface area (Å²) in [6, 6.07) is 10.1. The lowest BCUT2D eigenvalue weighted by Crippen LogP contribution is -2.12. The number of rotatable bonds is 4. The molecule has 3 rings (SSSR count). The second kappa shape index (κ2) is 6.00. The maximum absolute atomic E-state index is 12.3. The molecule has 0 saturated heterocycles. The molecule has 2 aromatic rings. The van der Waals surface area contributed by atoms with Crippen molar-refractivity contribution >= 4 is 22.9 Å². The van der Waals surface area contributed by atoms with E-state index in [4.69, 9.17) is 0 Å². The number of anilines is 1. The van der Waals surface area contributed by atoms with Gasteiger partial charge in [-0.05, 0) is 62.7 Å². The van der Waals surface area contributed by atoms with E-state index in [0.717, 1.165) is 30.0 Å². The van der Waals surface area contributed by atoms with Crippen molar-refractivity contribution in [1.82, 2.24) is 4.90 Å². The average molecular weight is 300 g/mol. The van der Waals surface area contributed by atoms with E-state index in [-0.39, 0.29) is 5.91 Å². The summed E-state index contributed by atoms with van der Waals surface area (Å²) < 4.78 is 0. The van der Waals surface area contributed by atoms with Gasteiger partial charge in [-0.3, -0.25) is 4.79 Å². The van der Waals surface area contributed by atoms with E-state index >= 15 is 0 Å². The first kappa shape index (κ1) is 14.3. The highest BCUT2D eigenvalue weighted by Gasteiger charge is 2.18. The molecule has 21 heavy (non-hydrogen) atoms. The number of carbonyl (C=O) groups is 1. The average Bonchev–Trinajstić information content (AvgIpc) is 2.98. The monoisotopic (exact) mass is 300 g/mol. The zero-order valence-corrected chi connectivity index (χ0v) is 13.3. The normalized spacial score (nSPS) is 13.5. The van der Waals surface area contributed by atoms with Crippen molar-refractivity contribution in [2.75, 3.05) is 19.4 Å². The Balaban J connectivity index is 1.72. The van der Waals surface area contributed by atoms with Crippen LogP contribution in [0.1, 0.15) is 32.1 Å². The molecule has 1 aliphatic carbocycles. The Morgan fingerprint density at radius 2 is 2.14 bits per heavy atom. The van der Waals surface area contributed by atoms with E-state index < -0.39 is 0 Å². The Kier molecular flexibility index (Phi) is 4.08. The number of carbonyl (C=O) groups excluding carboxylic acids is 1. The molecular formula is C17H20N2OS. The first-order valence-electron chi connectivity index (χ1n) is 7.28. The topological polar surface area (TPSA) is 32.3 Å². The van der Waals surface area contributed by atoms with Crippen LogP contribution in [0.2, 0.25) is 0 Å². The molecule has 0 saturated carbocycles. The van der Waals surface area contributed by atoms with Crippen LogP contribution in [0.4, 0.5) is 5.69 Å². The van der Waals surface area contributed by atoms with Crippen molar-refractivity contribution in [1.29, 1.82) is 0 Å². The highest BCUT2D eigenvalue weighted by atomic mass is 32.1. The van der Waals surface area contributed by atoms with Gasteiger partial charge in [-0.2, -0.15) is 0 Å². The van der Waals surface area contributed by atoms with Gasteiger partial charge in [-0.15, -0.1) is 11.3 Å². The predicted octanol–water partition coefficient (Wildman–Crippen LogP) is 3.55. The van der Waals surface area contributed by atoms with Crippen LogP contribution in [0.5, 0.6) is 0 Å². The van der Waals surface area contributed by atoms with Crippen molar-refractivity contribution in [3.8, 4) is 0 Å². The second-order valence-electron chi connectivity index (χ2n) is 5.80. The Morgan fingerprint density at radius 3 is 2.90 bits per heavy atom. The minimum absolute atomic E-state index is 0.0106. The van der Waals surface area contributed by atoms with Crippen LogP contribution < -0.4 is 5.32 Å².